The van der Waals surface area contributed by atoms with Gasteiger partial charge in [0, 0.05) is 20.2 Å². The summed E-state index contributed by atoms with van der Waals surface area (Å²) in [4.78, 5) is 23.7. The molecule has 2 aromatic rings. The van der Waals surface area contributed by atoms with Crippen molar-refractivity contribution in [3.05, 3.63) is 61.9 Å². The van der Waals surface area contributed by atoms with Gasteiger partial charge >= 0.3 is 5.69 Å². The highest BCUT2D eigenvalue weighted by molar-refractivity contribution is 5.42. The van der Waals surface area contributed by atoms with Crippen LogP contribution in [0.15, 0.2) is 33.9 Å². The van der Waals surface area contributed by atoms with Crippen LogP contribution in [-0.2, 0) is 27.1 Å². The first kappa shape index (κ1) is 15.6. The van der Waals surface area contributed by atoms with E-state index in [9.17, 15) is 14.7 Å². The summed E-state index contributed by atoms with van der Waals surface area (Å²) in [7, 11) is 3.06. The second-order valence-corrected chi connectivity index (χ2v) is 5.90. The minimum absolute atomic E-state index is 0.133. The monoisotopic (exact) mass is 316 g/mol. The average Bonchev–Trinajstić information content (AvgIpc) is 2.55. The maximum Gasteiger partial charge on any atom is 0.330 e. The molecule has 0 radical (unpaired) electrons. The zero-order chi connectivity index (χ0) is 16.6. The van der Waals surface area contributed by atoms with Gasteiger partial charge in [-0.1, -0.05) is 12.1 Å². The average molecular weight is 316 g/mol. The Morgan fingerprint density at radius 3 is 2.83 bits per heavy atom. The molecule has 122 valence electrons. The number of hydrogen-bond acceptors (Lipinski definition) is 4. The van der Waals surface area contributed by atoms with E-state index in [-0.39, 0.29) is 17.9 Å². The molecular formula is C17H20N2O4. The number of nitrogens with zero attached hydrogens (tertiary/aromatic N) is 2. The first-order chi connectivity index (χ1) is 11.0. The number of fused-ring (bicyclic) bond motifs is 1. The first-order valence-corrected chi connectivity index (χ1v) is 7.67. The van der Waals surface area contributed by atoms with Gasteiger partial charge in [-0.2, -0.15) is 0 Å². The molecule has 0 aliphatic heterocycles. The fourth-order valence-corrected chi connectivity index (χ4v) is 2.99. The van der Waals surface area contributed by atoms with Crippen LogP contribution >= 0.6 is 0 Å². The van der Waals surface area contributed by atoms with Crippen molar-refractivity contribution in [3.8, 4) is 5.75 Å². The maximum atomic E-state index is 11.9. The largest absolute Gasteiger partial charge is 0.487 e. The van der Waals surface area contributed by atoms with E-state index in [1.54, 1.807) is 7.05 Å². The van der Waals surface area contributed by atoms with Crippen molar-refractivity contribution < 1.29 is 9.84 Å². The number of ether oxygens (including phenoxy) is 1. The third-order valence-corrected chi connectivity index (χ3v) is 4.43. The summed E-state index contributed by atoms with van der Waals surface area (Å²) in [6.45, 7) is 0.133. The highest BCUT2D eigenvalue weighted by Gasteiger charge is 2.21. The minimum Gasteiger partial charge on any atom is -0.487 e. The Balaban J connectivity index is 1.89. The SMILES string of the molecule is Cn1c(COc2cccc3c2CCC[C@@H]3O)cc(=O)n(C)c1=O. The molecule has 0 amide bonds. The van der Waals surface area contributed by atoms with Gasteiger partial charge in [0.25, 0.3) is 5.56 Å². The summed E-state index contributed by atoms with van der Waals surface area (Å²) in [6, 6.07) is 7.04. The molecule has 1 aliphatic rings. The lowest BCUT2D eigenvalue weighted by atomic mass is 9.89. The topological polar surface area (TPSA) is 73.5 Å². The molecule has 1 aliphatic carbocycles. The Morgan fingerprint density at radius 1 is 1.26 bits per heavy atom. The Bertz CT molecular complexity index is 851. The molecule has 3 rings (SSSR count). The Hall–Kier alpha value is -2.34. The van der Waals surface area contributed by atoms with Gasteiger partial charge in [0.15, 0.2) is 0 Å². The molecule has 0 unspecified atom stereocenters. The standard InChI is InChI=1S/C17H20N2O4/c1-18-11(9-16(21)19(2)17(18)22)10-23-15-8-4-5-12-13(15)6-3-7-14(12)20/h4-5,8-9,14,20H,3,6-7,10H2,1-2H3/t14-/m0/s1. The summed E-state index contributed by atoms with van der Waals surface area (Å²) < 4.78 is 8.32. The van der Waals surface area contributed by atoms with Gasteiger partial charge in [-0.3, -0.25) is 13.9 Å². The fraction of sp³-hybridized carbons (Fsp3) is 0.412. The van der Waals surface area contributed by atoms with Crippen molar-refractivity contribution in [2.75, 3.05) is 0 Å². The van der Waals surface area contributed by atoms with Crippen LogP contribution in [0.1, 0.15) is 35.8 Å². The zero-order valence-corrected chi connectivity index (χ0v) is 13.3. The van der Waals surface area contributed by atoms with Gasteiger partial charge in [-0.05, 0) is 36.5 Å². The van der Waals surface area contributed by atoms with E-state index in [1.807, 2.05) is 18.2 Å². The van der Waals surface area contributed by atoms with Gasteiger partial charge < -0.3 is 9.84 Å². The molecule has 1 aromatic heterocycles. The molecule has 1 heterocycles. The van der Waals surface area contributed by atoms with Crippen molar-refractivity contribution in [1.29, 1.82) is 0 Å². The molecule has 6 nitrogen and oxygen atoms in total. The number of hydrogen-bond donors (Lipinski definition) is 1. The van der Waals surface area contributed by atoms with Gasteiger partial charge in [-0.15, -0.1) is 0 Å². The van der Waals surface area contributed by atoms with Crippen LogP contribution in [0.25, 0.3) is 0 Å². The quantitative estimate of drug-likeness (QED) is 0.918. The molecule has 1 aromatic carbocycles. The van der Waals surface area contributed by atoms with E-state index < -0.39 is 6.10 Å². The Morgan fingerprint density at radius 2 is 2.04 bits per heavy atom. The van der Waals surface area contributed by atoms with E-state index in [2.05, 4.69) is 0 Å². The third kappa shape index (κ3) is 2.82. The predicted octanol–water partition coefficient (Wildman–Crippen LogP) is 1.03. The number of aliphatic hydroxyl groups is 1. The van der Waals surface area contributed by atoms with E-state index in [1.165, 1.54) is 17.7 Å². The molecule has 0 saturated heterocycles. The normalized spacial score (nSPS) is 16.9. The zero-order valence-electron chi connectivity index (χ0n) is 13.3. The van der Waals surface area contributed by atoms with Crippen LogP contribution in [-0.4, -0.2) is 14.2 Å². The second-order valence-electron chi connectivity index (χ2n) is 5.90. The second kappa shape index (κ2) is 6.04. The number of rotatable bonds is 3. The number of aliphatic hydroxyl groups excluding tert-OH is 1. The van der Waals surface area contributed by atoms with Crippen LogP contribution in [0.4, 0.5) is 0 Å². The van der Waals surface area contributed by atoms with Crippen LogP contribution in [0.2, 0.25) is 0 Å². The number of benzene rings is 1. The molecule has 23 heavy (non-hydrogen) atoms. The molecule has 6 heteroatoms. The van der Waals surface area contributed by atoms with E-state index in [0.717, 1.165) is 35.0 Å². The van der Waals surface area contributed by atoms with Crippen LogP contribution < -0.4 is 16.0 Å². The predicted molar refractivity (Wildman–Crippen MR) is 85.6 cm³/mol. The molecular weight excluding hydrogens is 296 g/mol. The number of aromatic nitrogens is 2. The first-order valence-electron chi connectivity index (χ1n) is 7.67. The molecule has 0 fully saturated rings. The van der Waals surface area contributed by atoms with Gasteiger partial charge in [0.05, 0.1) is 11.8 Å². The summed E-state index contributed by atoms with van der Waals surface area (Å²) >= 11 is 0. The van der Waals surface area contributed by atoms with Crippen molar-refractivity contribution in [2.45, 2.75) is 32.0 Å². The fourth-order valence-electron chi connectivity index (χ4n) is 2.99. The molecule has 1 atom stereocenters. The van der Waals surface area contributed by atoms with Crippen molar-refractivity contribution in [2.24, 2.45) is 14.1 Å². The Kier molecular flexibility index (Phi) is 4.09. The van der Waals surface area contributed by atoms with Gasteiger partial charge in [0.1, 0.15) is 12.4 Å². The van der Waals surface area contributed by atoms with Crippen molar-refractivity contribution in [3.63, 3.8) is 0 Å². The molecule has 0 saturated carbocycles. The molecule has 0 spiro atoms. The van der Waals surface area contributed by atoms with Crippen molar-refractivity contribution >= 4 is 0 Å². The lowest BCUT2D eigenvalue weighted by molar-refractivity contribution is 0.155. The van der Waals surface area contributed by atoms with Gasteiger partial charge in [0.2, 0.25) is 0 Å². The van der Waals surface area contributed by atoms with Gasteiger partial charge in [-0.25, -0.2) is 4.79 Å². The van der Waals surface area contributed by atoms with Crippen LogP contribution in [0.5, 0.6) is 5.75 Å². The third-order valence-electron chi connectivity index (χ3n) is 4.43. The summed E-state index contributed by atoms with van der Waals surface area (Å²) in [6.07, 6.45) is 2.09. The van der Waals surface area contributed by atoms with Crippen molar-refractivity contribution in [1.82, 2.24) is 9.13 Å². The lowest BCUT2D eigenvalue weighted by Crippen LogP contribution is -2.38. The summed E-state index contributed by atoms with van der Waals surface area (Å²) in [5.41, 5.74) is 1.72. The molecule has 1 N–H and O–H groups in total. The van der Waals surface area contributed by atoms with E-state index >= 15 is 0 Å². The van der Waals surface area contributed by atoms with Crippen LogP contribution in [0.3, 0.4) is 0 Å². The summed E-state index contributed by atoms with van der Waals surface area (Å²) in [5.74, 6) is 0.703. The van der Waals surface area contributed by atoms with E-state index in [4.69, 9.17) is 4.74 Å². The lowest BCUT2D eigenvalue weighted by Gasteiger charge is -2.23. The maximum absolute atomic E-state index is 11.9. The van der Waals surface area contributed by atoms with Crippen LogP contribution in [0, 0.1) is 0 Å². The highest BCUT2D eigenvalue weighted by atomic mass is 16.5. The summed E-state index contributed by atoms with van der Waals surface area (Å²) in [5, 5.41) is 10.1. The molecule has 0 bridgehead atoms. The van der Waals surface area contributed by atoms with E-state index in [0.29, 0.717) is 11.4 Å². The Labute approximate surface area is 133 Å². The minimum atomic E-state index is -0.448. The smallest absolute Gasteiger partial charge is 0.330 e. The highest BCUT2D eigenvalue weighted by Crippen LogP contribution is 2.35.